The lowest BCUT2D eigenvalue weighted by atomic mass is 9.94. The minimum absolute atomic E-state index is 0.201. The fourth-order valence-corrected chi connectivity index (χ4v) is 4.16. The number of rotatable bonds is 10. The number of aliphatic hydroxyl groups excluding tert-OH is 4. The number of thiophene rings is 1. The largest absolute Gasteiger partial charge is 0.395 e. The lowest BCUT2D eigenvalue weighted by Gasteiger charge is -2.43. The first kappa shape index (κ1) is 19.8. The van der Waals surface area contributed by atoms with Gasteiger partial charge in [-0.15, -0.1) is 11.3 Å². The number of piperidine rings is 1. The molecule has 1 aromatic heterocycles. The van der Waals surface area contributed by atoms with Crippen LogP contribution in [0.1, 0.15) is 43.4 Å². The van der Waals surface area contributed by atoms with E-state index in [1.807, 2.05) is 16.2 Å². The third-order valence-electron chi connectivity index (χ3n) is 4.91. The highest BCUT2D eigenvalue weighted by Gasteiger charge is 2.40. The second-order valence-electron chi connectivity index (χ2n) is 6.74. The first-order chi connectivity index (χ1) is 11.6. The van der Waals surface area contributed by atoms with Gasteiger partial charge in [-0.1, -0.05) is 31.7 Å². The molecule has 0 aromatic carbocycles. The van der Waals surface area contributed by atoms with Crippen molar-refractivity contribution in [2.24, 2.45) is 0 Å². The summed E-state index contributed by atoms with van der Waals surface area (Å²) in [6.45, 7) is 0.846. The molecule has 4 atom stereocenters. The standard InChI is InChI=1S/C18H31NO4S/c20-13-15-17(22)18(23)16(21)12-19(15)10-6-4-2-1-3-5-8-14-9-7-11-24-14/h7,9,11,15-18,20-23H,1-6,8,10,12-13H2/t15-,16+,17-,18-/m1/s1. The van der Waals surface area contributed by atoms with Crippen molar-refractivity contribution < 1.29 is 20.4 Å². The highest BCUT2D eigenvalue weighted by molar-refractivity contribution is 7.09. The Hall–Kier alpha value is -0.500. The van der Waals surface area contributed by atoms with Gasteiger partial charge < -0.3 is 20.4 Å². The van der Waals surface area contributed by atoms with Gasteiger partial charge in [0.15, 0.2) is 0 Å². The number of hydrogen-bond donors (Lipinski definition) is 4. The molecule has 1 aliphatic rings. The second kappa shape index (κ2) is 10.5. The summed E-state index contributed by atoms with van der Waals surface area (Å²) < 4.78 is 0. The average Bonchev–Trinajstić information content (AvgIpc) is 3.08. The molecular formula is C18H31NO4S. The van der Waals surface area contributed by atoms with Crippen LogP contribution in [0.4, 0.5) is 0 Å². The molecule has 5 nitrogen and oxygen atoms in total. The van der Waals surface area contributed by atoms with Crippen molar-refractivity contribution in [2.45, 2.75) is 69.3 Å². The van der Waals surface area contributed by atoms with Crippen molar-refractivity contribution in [1.29, 1.82) is 0 Å². The molecule has 4 N–H and O–H groups in total. The molecule has 2 heterocycles. The van der Waals surface area contributed by atoms with Gasteiger partial charge in [-0.05, 0) is 37.3 Å². The van der Waals surface area contributed by atoms with Crippen LogP contribution in [0.5, 0.6) is 0 Å². The van der Waals surface area contributed by atoms with Crippen molar-refractivity contribution in [3.8, 4) is 0 Å². The van der Waals surface area contributed by atoms with E-state index in [0.29, 0.717) is 6.54 Å². The van der Waals surface area contributed by atoms with Gasteiger partial charge in [0.25, 0.3) is 0 Å². The normalized spacial score (nSPS) is 28.3. The third kappa shape index (κ3) is 5.79. The molecule has 0 unspecified atom stereocenters. The van der Waals surface area contributed by atoms with E-state index in [0.717, 1.165) is 19.4 Å². The van der Waals surface area contributed by atoms with E-state index in [9.17, 15) is 20.4 Å². The number of hydrogen-bond acceptors (Lipinski definition) is 6. The van der Waals surface area contributed by atoms with Gasteiger partial charge in [0.2, 0.25) is 0 Å². The van der Waals surface area contributed by atoms with Crippen LogP contribution in [-0.2, 0) is 6.42 Å². The molecule has 0 saturated carbocycles. The van der Waals surface area contributed by atoms with Crippen LogP contribution in [0.25, 0.3) is 0 Å². The summed E-state index contributed by atoms with van der Waals surface area (Å²) in [5.74, 6) is 0. The molecule has 0 spiro atoms. The van der Waals surface area contributed by atoms with Gasteiger partial charge in [0.1, 0.15) is 12.2 Å². The Bertz CT molecular complexity index is 442. The first-order valence-corrected chi connectivity index (χ1v) is 9.93. The number of unbranched alkanes of at least 4 members (excludes halogenated alkanes) is 5. The predicted octanol–water partition coefficient (Wildman–Crippen LogP) is 1.39. The summed E-state index contributed by atoms with van der Waals surface area (Å²) >= 11 is 1.83. The third-order valence-corrected chi connectivity index (χ3v) is 5.85. The van der Waals surface area contributed by atoms with E-state index < -0.39 is 24.4 Å². The highest BCUT2D eigenvalue weighted by Crippen LogP contribution is 2.20. The van der Waals surface area contributed by atoms with Crippen molar-refractivity contribution in [3.05, 3.63) is 22.4 Å². The molecule has 1 aromatic rings. The maximum Gasteiger partial charge on any atom is 0.109 e. The molecule has 1 saturated heterocycles. The zero-order valence-electron chi connectivity index (χ0n) is 14.3. The number of aryl methyl sites for hydroxylation is 1. The summed E-state index contributed by atoms with van der Waals surface area (Å²) in [4.78, 5) is 3.37. The quantitative estimate of drug-likeness (QED) is 0.476. The summed E-state index contributed by atoms with van der Waals surface area (Å²) in [5, 5.41) is 41.0. The van der Waals surface area contributed by atoms with Gasteiger partial charge in [-0.3, -0.25) is 4.90 Å². The Labute approximate surface area is 148 Å². The minimum Gasteiger partial charge on any atom is -0.395 e. The van der Waals surface area contributed by atoms with E-state index in [2.05, 4.69) is 17.5 Å². The molecule has 0 aliphatic carbocycles. The van der Waals surface area contributed by atoms with Crippen LogP contribution >= 0.6 is 11.3 Å². The van der Waals surface area contributed by atoms with Gasteiger partial charge in [-0.2, -0.15) is 0 Å². The second-order valence-corrected chi connectivity index (χ2v) is 7.78. The van der Waals surface area contributed by atoms with E-state index >= 15 is 0 Å². The molecule has 0 bridgehead atoms. The Kier molecular flexibility index (Phi) is 8.66. The van der Waals surface area contributed by atoms with Crippen LogP contribution < -0.4 is 0 Å². The highest BCUT2D eigenvalue weighted by atomic mass is 32.1. The van der Waals surface area contributed by atoms with Gasteiger partial charge in [-0.25, -0.2) is 0 Å². The molecule has 0 amide bonds. The van der Waals surface area contributed by atoms with Crippen molar-refractivity contribution >= 4 is 11.3 Å². The Morgan fingerprint density at radius 2 is 1.71 bits per heavy atom. The maximum atomic E-state index is 9.95. The van der Waals surface area contributed by atoms with E-state index in [-0.39, 0.29) is 6.61 Å². The Morgan fingerprint density at radius 1 is 1.00 bits per heavy atom. The Balaban J connectivity index is 1.54. The molecule has 1 aliphatic heterocycles. The number of nitrogens with zero attached hydrogens (tertiary/aromatic N) is 1. The maximum absolute atomic E-state index is 9.95. The summed E-state index contributed by atoms with van der Waals surface area (Å²) in [6.07, 6.45) is 5.01. The lowest BCUT2D eigenvalue weighted by molar-refractivity contribution is -0.145. The smallest absolute Gasteiger partial charge is 0.109 e. The number of aliphatic hydroxyl groups is 4. The molecule has 2 rings (SSSR count). The molecular weight excluding hydrogens is 326 g/mol. The fourth-order valence-electron chi connectivity index (χ4n) is 3.41. The van der Waals surface area contributed by atoms with E-state index in [4.69, 9.17) is 0 Å². The summed E-state index contributed by atoms with van der Waals surface area (Å²) in [7, 11) is 0. The molecule has 6 heteroatoms. The number of likely N-dealkylation sites (tertiary alicyclic amines) is 1. The van der Waals surface area contributed by atoms with Gasteiger partial charge >= 0.3 is 0 Å². The molecule has 1 fully saturated rings. The molecule has 138 valence electrons. The van der Waals surface area contributed by atoms with E-state index in [1.165, 1.54) is 37.0 Å². The Morgan fingerprint density at radius 3 is 2.38 bits per heavy atom. The van der Waals surface area contributed by atoms with Crippen LogP contribution in [0.15, 0.2) is 17.5 Å². The fraction of sp³-hybridized carbons (Fsp3) is 0.778. The zero-order valence-corrected chi connectivity index (χ0v) is 15.1. The van der Waals surface area contributed by atoms with Crippen LogP contribution in [0.3, 0.4) is 0 Å². The SMILES string of the molecule is OC[C@@H]1[C@@H](O)[C@H](O)[C@@H](O)CN1CCCCCCCCc1cccs1. The van der Waals surface area contributed by atoms with Gasteiger partial charge in [0, 0.05) is 11.4 Å². The van der Waals surface area contributed by atoms with Crippen LogP contribution in [0, 0.1) is 0 Å². The minimum atomic E-state index is -1.17. The zero-order chi connectivity index (χ0) is 17.4. The van der Waals surface area contributed by atoms with E-state index in [1.54, 1.807) is 0 Å². The van der Waals surface area contributed by atoms with Crippen LogP contribution in [-0.4, -0.2) is 69.4 Å². The summed E-state index contributed by atoms with van der Waals surface area (Å²) in [5.41, 5.74) is 0. The number of β-amino-alcohol motifs (C(OH)–C–C–N with tert-alkyl or cyclic N) is 1. The molecule has 24 heavy (non-hydrogen) atoms. The van der Waals surface area contributed by atoms with Crippen molar-refractivity contribution in [3.63, 3.8) is 0 Å². The van der Waals surface area contributed by atoms with Crippen LogP contribution in [0.2, 0.25) is 0 Å². The monoisotopic (exact) mass is 357 g/mol. The topological polar surface area (TPSA) is 84.2 Å². The predicted molar refractivity (Wildman–Crippen MR) is 96.2 cm³/mol. The lowest BCUT2D eigenvalue weighted by Crippen LogP contribution is -2.62. The first-order valence-electron chi connectivity index (χ1n) is 9.05. The molecule has 0 radical (unpaired) electrons. The van der Waals surface area contributed by atoms with Gasteiger partial charge in [0.05, 0.1) is 18.8 Å². The average molecular weight is 358 g/mol. The van der Waals surface area contributed by atoms with Crippen molar-refractivity contribution in [2.75, 3.05) is 19.7 Å². The summed E-state index contributed by atoms with van der Waals surface area (Å²) in [6, 6.07) is 3.82. The van der Waals surface area contributed by atoms with Crippen molar-refractivity contribution in [1.82, 2.24) is 4.90 Å².